The molecule has 2 aliphatic heterocycles. The van der Waals surface area contributed by atoms with Gasteiger partial charge < -0.3 is 9.64 Å². The summed E-state index contributed by atoms with van der Waals surface area (Å²) in [5, 5.41) is 4.97. The van der Waals surface area contributed by atoms with E-state index in [4.69, 9.17) is 26.3 Å². The van der Waals surface area contributed by atoms with Crippen molar-refractivity contribution in [1.29, 1.82) is 0 Å². The Morgan fingerprint density at radius 1 is 1.21 bits per heavy atom. The zero-order valence-corrected chi connectivity index (χ0v) is 19.3. The summed E-state index contributed by atoms with van der Waals surface area (Å²) >= 11 is 6.00. The van der Waals surface area contributed by atoms with Crippen LogP contribution < -0.4 is 10.5 Å². The Bertz CT molecular complexity index is 1480. The molecular formula is C24H22ClFN6O2. The maximum absolute atomic E-state index is 15.0. The van der Waals surface area contributed by atoms with Gasteiger partial charge in [0.25, 0.3) is 5.56 Å². The van der Waals surface area contributed by atoms with Gasteiger partial charge in [-0.3, -0.25) is 14.0 Å². The van der Waals surface area contributed by atoms with Gasteiger partial charge in [0.1, 0.15) is 34.8 Å². The molecule has 1 atom stereocenters. The summed E-state index contributed by atoms with van der Waals surface area (Å²) in [6, 6.07) is 6.24. The second-order valence-electron chi connectivity index (χ2n) is 8.69. The summed E-state index contributed by atoms with van der Waals surface area (Å²) in [7, 11) is 1.86. The van der Waals surface area contributed by atoms with E-state index < -0.39 is 5.82 Å². The Hall–Kier alpha value is -3.30. The third-order valence-corrected chi connectivity index (χ3v) is 6.70. The van der Waals surface area contributed by atoms with Crippen LogP contribution in [0.2, 0.25) is 5.02 Å². The van der Waals surface area contributed by atoms with Gasteiger partial charge in [0, 0.05) is 55.4 Å². The van der Waals surface area contributed by atoms with Crippen molar-refractivity contribution in [3.63, 3.8) is 0 Å². The van der Waals surface area contributed by atoms with E-state index in [-0.39, 0.29) is 17.2 Å². The number of aryl methyl sites for hydroxylation is 2. The number of pyridine rings is 1. The average Bonchev–Trinajstić information content (AvgIpc) is 3.48. The van der Waals surface area contributed by atoms with E-state index in [1.165, 1.54) is 6.07 Å². The van der Waals surface area contributed by atoms with Gasteiger partial charge in [-0.15, -0.1) is 0 Å². The van der Waals surface area contributed by atoms with Gasteiger partial charge in [-0.05, 0) is 30.7 Å². The molecule has 0 unspecified atom stereocenters. The van der Waals surface area contributed by atoms with Crippen molar-refractivity contribution >= 4 is 28.3 Å². The fraction of sp³-hybridized carbons (Fsp3) is 0.333. The summed E-state index contributed by atoms with van der Waals surface area (Å²) in [6.07, 6.45) is 5.10. The highest BCUT2D eigenvalue weighted by Gasteiger charge is 2.27. The van der Waals surface area contributed by atoms with Gasteiger partial charge in [0.05, 0.1) is 18.2 Å². The van der Waals surface area contributed by atoms with Crippen molar-refractivity contribution in [1.82, 2.24) is 24.3 Å². The maximum atomic E-state index is 15.0. The second-order valence-corrected chi connectivity index (χ2v) is 9.13. The van der Waals surface area contributed by atoms with Crippen molar-refractivity contribution < 1.29 is 9.13 Å². The van der Waals surface area contributed by atoms with Crippen molar-refractivity contribution in [2.45, 2.75) is 25.5 Å². The zero-order chi connectivity index (χ0) is 23.4. The number of rotatable bonds is 3. The van der Waals surface area contributed by atoms with E-state index in [0.29, 0.717) is 65.9 Å². The average molecular weight is 481 g/mol. The van der Waals surface area contributed by atoms with Gasteiger partial charge >= 0.3 is 0 Å². The van der Waals surface area contributed by atoms with Crippen molar-refractivity contribution in [3.05, 3.63) is 69.2 Å². The van der Waals surface area contributed by atoms with E-state index >= 15 is 4.39 Å². The minimum absolute atomic E-state index is 0.117. The molecule has 0 bridgehead atoms. The normalized spacial score (nSPS) is 18.0. The monoisotopic (exact) mass is 480 g/mol. The van der Waals surface area contributed by atoms with E-state index in [1.54, 1.807) is 33.6 Å². The lowest BCUT2D eigenvalue weighted by Gasteiger charge is -2.33. The van der Waals surface area contributed by atoms with Crippen LogP contribution in [0.1, 0.15) is 23.9 Å². The van der Waals surface area contributed by atoms with E-state index in [1.807, 2.05) is 13.2 Å². The molecule has 0 spiro atoms. The first-order chi connectivity index (χ1) is 16.5. The van der Waals surface area contributed by atoms with Crippen LogP contribution in [0.3, 0.4) is 0 Å². The molecule has 4 aromatic rings. The summed E-state index contributed by atoms with van der Waals surface area (Å²) < 4.78 is 24.4. The number of anilines is 1. The molecule has 0 saturated carbocycles. The molecule has 6 rings (SSSR count). The lowest BCUT2D eigenvalue weighted by Crippen LogP contribution is -2.39. The molecule has 8 nitrogen and oxygen atoms in total. The number of nitrogens with zero attached hydrogens (tertiary/aromatic N) is 6. The highest BCUT2D eigenvalue weighted by molar-refractivity contribution is 6.30. The predicted molar refractivity (Wildman–Crippen MR) is 127 cm³/mol. The van der Waals surface area contributed by atoms with Gasteiger partial charge in [-0.1, -0.05) is 11.6 Å². The number of benzene rings is 1. The van der Waals surface area contributed by atoms with Crippen LogP contribution in [0.4, 0.5) is 10.2 Å². The molecule has 0 aliphatic carbocycles. The number of halogens is 2. The van der Waals surface area contributed by atoms with Crippen LogP contribution in [0.15, 0.2) is 41.5 Å². The molecule has 0 N–H and O–H groups in total. The number of fused-ring (bicyclic) bond motifs is 2. The largest absolute Gasteiger partial charge is 0.370 e. The topological polar surface area (TPSA) is 78.1 Å². The number of aromatic nitrogens is 5. The number of ether oxygens (including phenoxy) is 1. The minimum atomic E-state index is -0.504. The molecule has 3 aromatic heterocycles. The molecule has 1 fully saturated rings. The number of morpholine rings is 1. The van der Waals surface area contributed by atoms with Gasteiger partial charge in [-0.25, -0.2) is 14.4 Å². The minimum Gasteiger partial charge on any atom is -0.370 e. The summed E-state index contributed by atoms with van der Waals surface area (Å²) in [5.41, 5.74) is 1.88. The fourth-order valence-corrected chi connectivity index (χ4v) is 4.93. The highest BCUT2D eigenvalue weighted by atomic mass is 35.5. The smallest absolute Gasteiger partial charge is 0.261 e. The molecule has 2 aliphatic rings. The Balaban J connectivity index is 1.52. The summed E-state index contributed by atoms with van der Waals surface area (Å²) in [5.74, 6) is 0.799. The first-order valence-electron chi connectivity index (χ1n) is 11.2. The highest BCUT2D eigenvalue weighted by Crippen LogP contribution is 2.33. The Morgan fingerprint density at radius 3 is 2.88 bits per heavy atom. The SMILES string of the molecule is Cn1cc([C@H]2CN(c3cc4c(=O)n5c(nc4c(-c4ccc(Cl)cc4F)n3)CCC5)CCO2)cn1. The standard InChI is InChI=1S/C24H22ClFN6O2/c1-30-12-14(11-27-30)19-13-31(7-8-34-19)21-10-17-23(28-20-3-2-6-32(20)24(17)33)22(29-21)16-5-4-15(25)9-18(16)26/h4-5,9-12,19H,2-3,6-8,13H2,1H3/t19-/m1/s1. The van der Waals surface area contributed by atoms with Gasteiger partial charge in [-0.2, -0.15) is 5.10 Å². The second kappa shape index (κ2) is 8.18. The fourth-order valence-electron chi connectivity index (χ4n) is 4.77. The van der Waals surface area contributed by atoms with Gasteiger partial charge in [0.2, 0.25) is 0 Å². The molecule has 0 radical (unpaired) electrons. The molecular weight excluding hydrogens is 459 g/mol. The van der Waals surface area contributed by atoms with E-state index in [2.05, 4.69) is 10.00 Å². The number of hydrogen-bond donors (Lipinski definition) is 0. The van der Waals surface area contributed by atoms with Crippen LogP contribution in [0, 0.1) is 5.82 Å². The van der Waals surface area contributed by atoms with Crippen LogP contribution in [-0.4, -0.2) is 44.0 Å². The Labute approximate surface area is 199 Å². The predicted octanol–water partition coefficient (Wildman–Crippen LogP) is 3.51. The quantitative estimate of drug-likeness (QED) is 0.446. The first kappa shape index (κ1) is 21.2. The van der Waals surface area contributed by atoms with Crippen molar-refractivity contribution in [3.8, 4) is 11.3 Å². The molecule has 174 valence electrons. The summed E-state index contributed by atoms with van der Waals surface area (Å²) in [6.45, 7) is 2.26. The molecule has 1 aromatic carbocycles. The van der Waals surface area contributed by atoms with Crippen LogP contribution in [-0.2, 0) is 24.8 Å². The molecule has 5 heterocycles. The molecule has 34 heavy (non-hydrogen) atoms. The maximum Gasteiger partial charge on any atom is 0.261 e. The number of hydrogen-bond acceptors (Lipinski definition) is 6. The van der Waals surface area contributed by atoms with E-state index in [0.717, 1.165) is 12.0 Å². The van der Waals surface area contributed by atoms with Crippen LogP contribution >= 0.6 is 11.6 Å². The van der Waals surface area contributed by atoms with Crippen molar-refractivity contribution in [2.24, 2.45) is 7.05 Å². The third-order valence-electron chi connectivity index (χ3n) is 6.46. The van der Waals surface area contributed by atoms with E-state index in [9.17, 15) is 4.79 Å². The molecule has 10 heteroatoms. The Morgan fingerprint density at radius 2 is 2.09 bits per heavy atom. The Kier molecular flexibility index (Phi) is 5.11. The summed E-state index contributed by atoms with van der Waals surface area (Å²) in [4.78, 5) is 25.1. The van der Waals surface area contributed by atoms with Crippen LogP contribution in [0.25, 0.3) is 22.2 Å². The molecule has 0 amide bonds. The molecule has 1 saturated heterocycles. The van der Waals surface area contributed by atoms with Gasteiger partial charge in [0.15, 0.2) is 0 Å². The first-order valence-corrected chi connectivity index (χ1v) is 11.6. The lowest BCUT2D eigenvalue weighted by atomic mass is 10.1. The zero-order valence-electron chi connectivity index (χ0n) is 18.5. The lowest BCUT2D eigenvalue weighted by molar-refractivity contribution is 0.0395. The van der Waals surface area contributed by atoms with Crippen LogP contribution in [0.5, 0.6) is 0 Å². The van der Waals surface area contributed by atoms with Crippen molar-refractivity contribution in [2.75, 3.05) is 24.6 Å². The third kappa shape index (κ3) is 3.56.